The first kappa shape index (κ1) is 24.5. The zero-order chi connectivity index (χ0) is 26.2. The Morgan fingerprint density at radius 1 is 1.16 bits per heavy atom. The Hall–Kier alpha value is -4.24. The largest absolute Gasteiger partial charge is 0.496 e. The Morgan fingerprint density at radius 3 is 2.65 bits per heavy atom. The standard InChI is InChI=1S/C25H19F3N6O2S/c1-34-10-9-19(33-34)20-12-16(17-11-15(25(26,27)28)6-7-21(17)36-2)18(13-29-20)23(35)30-24-32-31-22(37-24)8-5-14-3-4-14/h6-7,9-14H,3-4H2,1-2H3,(H,30,32,35). The van der Waals surface area contributed by atoms with E-state index in [4.69, 9.17) is 4.74 Å². The number of amides is 1. The summed E-state index contributed by atoms with van der Waals surface area (Å²) in [5.41, 5.74) is 0.279. The highest BCUT2D eigenvalue weighted by atomic mass is 32.1. The van der Waals surface area contributed by atoms with Crippen molar-refractivity contribution in [2.24, 2.45) is 13.0 Å². The number of nitrogens with zero attached hydrogens (tertiary/aromatic N) is 5. The Labute approximate surface area is 213 Å². The minimum atomic E-state index is -4.59. The van der Waals surface area contributed by atoms with Crippen LogP contribution in [0.25, 0.3) is 22.5 Å². The number of hydrogen-bond donors (Lipinski definition) is 1. The minimum absolute atomic E-state index is 0.0260. The number of anilines is 1. The van der Waals surface area contributed by atoms with Gasteiger partial charge in [0, 0.05) is 36.5 Å². The lowest BCUT2D eigenvalue weighted by Crippen LogP contribution is -2.14. The maximum absolute atomic E-state index is 13.6. The van der Waals surface area contributed by atoms with Gasteiger partial charge >= 0.3 is 6.18 Å². The topological polar surface area (TPSA) is 94.8 Å². The molecule has 0 bridgehead atoms. The van der Waals surface area contributed by atoms with Crippen LogP contribution in [0.2, 0.25) is 0 Å². The van der Waals surface area contributed by atoms with Crippen molar-refractivity contribution in [3.05, 3.63) is 58.9 Å². The number of aryl methyl sites for hydroxylation is 1. The molecule has 1 N–H and O–H groups in total. The van der Waals surface area contributed by atoms with Gasteiger partial charge in [0.1, 0.15) is 11.4 Å². The summed E-state index contributed by atoms with van der Waals surface area (Å²) < 4.78 is 47.6. The second-order valence-corrected chi connectivity index (χ2v) is 9.29. The van der Waals surface area contributed by atoms with Crippen molar-refractivity contribution in [1.82, 2.24) is 25.0 Å². The average molecular weight is 525 g/mol. The molecule has 0 aliphatic heterocycles. The zero-order valence-corrected chi connectivity index (χ0v) is 20.4. The van der Waals surface area contributed by atoms with Crippen LogP contribution in [0.3, 0.4) is 0 Å². The molecule has 3 aromatic heterocycles. The summed E-state index contributed by atoms with van der Waals surface area (Å²) in [7, 11) is 3.07. The van der Waals surface area contributed by atoms with Crippen LogP contribution in [0, 0.1) is 17.8 Å². The van der Waals surface area contributed by atoms with Crippen LogP contribution in [0.4, 0.5) is 18.3 Å². The molecule has 8 nitrogen and oxygen atoms in total. The molecule has 1 fully saturated rings. The highest BCUT2D eigenvalue weighted by Gasteiger charge is 2.32. The predicted molar refractivity (Wildman–Crippen MR) is 131 cm³/mol. The van der Waals surface area contributed by atoms with Crippen molar-refractivity contribution < 1.29 is 22.7 Å². The van der Waals surface area contributed by atoms with E-state index in [2.05, 4.69) is 37.4 Å². The first-order valence-corrected chi connectivity index (χ1v) is 11.9. The summed E-state index contributed by atoms with van der Waals surface area (Å²) in [6.07, 6.45) is 0.548. The molecule has 188 valence electrons. The molecule has 5 rings (SSSR count). The summed E-state index contributed by atoms with van der Waals surface area (Å²) in [6.45, 7) is 0. The summed E-state index contributed by atoms with van der Waals surface area (Å²) in [5, 5.41) is 15.6. The van der Waals surface area contributed by atoms with Gasteiger partial charge in [0.2, 0.25) is 5.13 Å². The number of carbonyl (C=O) groups excluding carboxylic acids is 1. The summed E-state index contributed by atoms with van der Waals surface area (Å²) in [6, 6.07) is 6.32. The third-order valence-corrected chi connectivity index (χ3v) is 6.30. The molecule has 0 unspecified atom stereocenters. The summed E-state index contributed by atoms with van der Waals surface area (Å²) in [4.78, 5) is 17.6. The van der Waals surface area contributed by atoms with Gasteiger partial charge < -0.3 is 4.74 Å². The number of ether oxygens (including phenoxy) is 1. The number of aromatic nitrogens is 5. The number of alkyl halides is 3. The molecule has 0 saturated heterocycles. The molecule has 0 atom stereocenters. The van der Waals surface area contributed by atoms with E-state index in [9.17, 15) is 18.0 Å². The SMILES string of the molecule is COc1ccc(C(F)(F)F)cc1-c1cc(-c2ccn(C)n2)ncc1C(=O)Nc1nnc(C#CC2CC2)s1. The van der Waals surface area contributed by atoms with Crippen molar-refractivity contribution in [3.8, 4) is 40.1 Å². The van der Waals surface area contributed by atoms with Crippen molar-refractivity contribution in [1.29, 1.82) is 0 Å². The lowest BCUT2D eigenvalue weighted by atomic mass is 9.96. The molecule has 4 aromatic rings. The molecular weight excluding hydrogens is 505 g/mol. The van der Waals surface area contributed by atoms with Crippen molar-refractivity contribution >= 4 is 22.4 Å². The minimum Gasteiger partial charge on any atom is -0.496 e. The Bertz CT molecular complexity index is 1550. The molecule has 12 heteroatoms. The lowest BCUT2D eigenvalue weighted by molar-refractivity contribution is -0.137. The van der Waals surface area contributed by atoms with Gasteiger partial charge in [-0.2, -0.15) is 18.3 Å². The third kappa shape index (κ3) is 5.46. The first-order valence-electron chi connectivity index (χ1n) is 11.1. The van der Waals surface area contributed by atoms with E-state index in [1.807, 2.05) is 0 Å². The van der Waals surface area contributed by atoms with E-state index < -0.39 is 17.6 Å². The smallest absolute Gasteiger partial charge is 0.416 e. The van der Waals surface area contributed by atoms with Crippen LogP contribution in [-0.2, 0) is 13.2 Å². The van der Waals surface area contributed by atoms with Crippen LogP contribution in [-0.4, -0.2) is 38.0 Å². The van der Waals surface area contributed by atoms with Crippen molar-refractivity contribution in [2.45, 2.75) is 19.0 Å². The van der Waals surface area contributed by atoms with E-state index >= 15 is 0 Å². The molecule has 1 aromatic carbocycles. The Kier molecular flexibility index (Phi) is 6.39. The fraction of sp³-hybridized carbons (Fsp3) is 0.240. The van der Waals surface area contributed by atoms with E-state index in [0.717, 1.165) is 36.3 Å². The molecule has 37 heavy (non-hydrogen) atoms. The number of rotatable bonds is 5. The van der Waals surface area contributed by atoms with E-state index in [0.29, 0.717) is 22.3 Å². The Morgan fingerprint density at radius 2 is 1.97 bits per heavy atom. The molecule has 3 heterocycles. The molecular formula is C25H19F3N6O2S. The Balaban J connectivity index is 1.57. The van der Waals surface area contributed by atoms with Crippen molar-refractivity contribution in [2.75, 3.05) is 12.4 Å². The first-order chi connectivity index (χ1) is 17.7. The lowest BCUT2D eigenvalue weighted by Gasteiger charge is -2.16. The maximum atomic E-state index is 13.6. The fourth-order valence-electron chi connectivity index (χ4n) is 3.53. The van der Waals surface area contributed by atoms with Crippen LogP contribution in [0.1, 0.15) is 33.8 Å². The predicted octanol–water partition coefficient (Wildman–Crippen LogP) is 5.04. The fourth-order valence-corrected chi connectivity index (χ4v) is 4.13. The third-order valence-electron chi connectivity index (χ3n) is 5.55. The quantitative estimate of drug-likeness (QED) is 0.368. The number of carbonyl (C=O) groups is 1. The second kappa shape index (κ2) is 9.67. The van der Waals surface area contributed by atoms with E-state index in [1.54, 1.807) is 24.0 Å². The van der Waals surface area contributed by atoms with Gasteiger partial charge in [-0.05, 0) is 49.1 Å². The van der Waals surface area contributed by atoms with Gasteiger partial charge in [-0.25, -0.2) is 0 Å². The van der Waals surface area contributed by atoms with Gasteiger partial charge in [0.05, 0.1) is 23.9 Å². The van der Waals surface area contributed by atoms with Crippen LogP contribution < -0.4 is 10.1 Å². The number of methoxy groups -OCH3 is 1. The van der Waals surface area contributed by atoms with Crippen LogP contribution >= 0.6 is 11.3 Å². The number of nitrogens with one attached hydrogen (secondary N) is 1. The summed E-state index contributed by atoms with van der Waals surface area (Å²) in [5.74, 6) is 5.94. The van der Waals surface area contributed by atoms with Crippen molar-refractivity contribution in [3.63, 3.8) is 0 Å². The van der Waals surface area contributed by atoms with E-state index in [-0.39, 0.29) is 27.6 Å². The number of benzene rings is 1. The highest BCUT2D eigenvalue weighted by Crippen LogP contribution is 2.39. The van der Waals surface area contributed by atoms with Gasteiger partial charge in [-0.15, -0.1) is 10.2 Å². The number of halogens is 3. The monoisotopic (exact) mass is 524 g/mol. The zero-order valence-electron chi connectivity index (χ0n) is 19.6. The van der Waals surface area contributed by atoms with Crippen LogP contribution in [0.15, 0.2) is 42.7 Å². The molecule has 1 aliphatic rings. The van der Waals surface area contributed by atoms with E-state index in [1.165, 1.54) is 25.4 Å². The molecule has 1 aliphatic carbocycles. The maximum Gasteiger partial charge on any atom is 0.416 e. The number of pyridine rings is 1. The van der Waals surface area contributed by atoms with Gasteiger partial charge in [-0.3, -0.25) is 19.8 Å². The van der Waals surface area contributed by atoms with Crippen LogP contribution in [0.5, 0.6) is 5.75 Å². The highest BCUT2D eigenvalue weighted by molar-refractivity contribution is 7.15. The number of hydrogen-bond acceptors (Lipinski definition) is 7. The normalized spacial score (nSPS) is 13.1. The van der Waals surface area contributed by atoms with Gasteiger partial charge in [0.25, 0.3) is 5.91 Å². The molecule has 1 amide bonds. The second-order valence-electron chi connectivity index (χ2n) is 8.31. The average Bonchev–Trinajstić information content (AvgIpc) is 3.44. The van der Waals surface area contributed by atoms with Gasteiger partial charge in [-0.1, -0.05) is 17.3 Å². The molecule has 0 radical (unpaired) electrons. The van der Waals surface area contributed by atoms with Gasteiger partial charge in [0.15, 0.2) is 5.01 Å². The molecule has 0 spiro atoms. The molecule has 1 saturated carbocycles. The summed E-state index contributed by atoms with van der Waals surface area (Å²) >= 11 is 1.11.